The third kappa shape index (κ3) is 2.78. The van der Waals surface area contributed by atoms with E-state index in [4.69, 9.17) is 5.73 Å². The fourth-order valence-electron chi connectivity index (χ4n) is 1.05. The second-order valence-electron chi connectivity index (χ2n) is 2.76. The molecule has 0 aliphatic heterocycles. The molecule has 0 aromatic heterocycles. The molecule has 0 fully saturated rings. The number of benzene rings is 1. The Hall–Kier alpha value is -1.92. The second kappa shape index (κ2) is 4.30. The van der Waals surface area contributed by atoms with Gasteiger partial charge in [-0.05, 0) is 12.1 Å². The summed E-state index contributed by atoms with van der Waals surface area (Å²) in [6.07, 6.45) is -4.86. The molecule has 0 radical (unpaired) electrons. The van der Waals surface area contributed by atoms with Crippen LogP contribution in [0.2, 0.25) is 0 Å². The molecule has 0 aliphatic rings. The third-order valence-corrected chi connectivity index (χ3v) is 1.70. The van der Waals surface area contributed by atoms with Crippen LogP contribution in [0.25, 0.3) is 0 Å². The number of nitrogens with two attached hydrogens (primary N) is 1. The van der Waals surface area contributed by atoms with Crippen molar-refractivity contribution in [2.75, 3.05) is 12.8 Å². The number of esters is 1. The summed E-state index contributed by atoms with van der Waals surface area (Å²) in [6, 6.07) is 3.46. The average Bonchev–Trinajstić information content (AvgIpc) is 2.18. The van der Waals surface area contributed by atoms with Crippen molar-refractivity contribution in [3.05, 3.63) is 23.8 Å². The van der Waals surface area contributed by atoms with Gasteiger partial charge >= 0.3 is 12.3 Å². The minimum Gasteiger partial charge on any atom is -0.465 e. The van der Waals surface area contributed by atoms with Crippen LogP contribution in [-0.4, -0.2) is 19.4 Å². The zero-order valence-electron chi connectivity index (χ0n) is 8.17. The van der Waals surface area contributed by atoms with E-state index in [1.165, 1.54) is 12.1 Å². The van der Waals surface area contributed by atoms with Crippen LogP contribution in [-0.2, 0) is 4.74 Å². The van der Waals surface area contributed by atoms with Crippen LogP contribution in [0, 0.1) is 0 Å². The Labute approximate surface area is 88.8 Å². The lowest BCUT2D eigenvalue weighted by molar-refractivity contribution is -0.274. The van der Waals surface area contributed by atoms with Crippen LogP contribution in [0.1, 0.15) is 10.4 Å². The summed E-state index contributed by atoms with van der Waals surface area (Å²) in [5.41, 5.74) is 4.75. The van der Waals surface area contributed by atoms with Gasteiger partial charge in [0.2, 0.25) is 0 Å². The molecule has 0 spiro atoms. The van der Waals surface area contributed by atoms with Gasteiger partial charge in [-0.15, -0.1) is 13.2 Å². The van der Waals surface area contributed by atoms with Crippen molar-refractivity contribution < 1.29 is 27.4 Å². The molecule has 0 amide bonds. The zero-order valence-corrected chi connectivity index (χ0v) is 8.17. The van der Waals surface area contributed by atoms with E-state index in [0.29, 0.717) is 0 Å². The lowest BCUT2D eigenvalue weighted by atomic mass is 10.1. The van der Waals surface area contributed by atoms with Gasteiger partial charge in [-0.25, -0.2) is 4.79 Å². The van der Waals surface area contributed by atoms with E-state index < -0.39 is 23.8 Å². The molecule has 0 saturated carbocycles. The van der Waals surface area contributed by atoms with Gasteiger partial charge in [-0.3, -0.25) is 0 Å². The predicted octanol–water partition coefficient (Wildman–Crippen LogP) is 1.95. The SMILES string of the molecule is COC(=O)c1cccc(OC(F)(F)F)c1N. The fraction of sp³-hybridized carbons (Fsp3) is 0.222. The lowest BCUT2D eigenvalue weighted by Crippen LogP contribution is -2.19. The largest absolute Gasteiger partial charge is 0.573 e. The highest BCUT2D eigenvalue weighted by atomic mass is 19.4. The first-order valence-corrected chi connectivity index (χ1v) is 4.07. The van der Waals surface area contributed by atoms with E-state index >= 15 is 0 Å². The smallest absolute Gasteiger partial charge is 0.465 e. The van der Waals surface area contributed by atoms with Gasteiger partial charge < -0.3 is 15.2 Å². The molecule has 4 nitrogen and oxygen atoms in total. The molecule has 0 unspecified atom stereocenters. The van der Waals surface area contributed by atoms with Crippen LogP contribution in [0.5, 0.6) is 5.75 Å². The topological polar surface area (TPSA) is 61.5 Å². The summed E-state index contributed by atoms with van der Waals surface area (Å²) in [5.74, 6) is -1.46. The van der Waals surface area contributed by atoms with Crippen molar-refractivity contribution in [3.8, 4) is 5.75 Å². The van der Waals surface area contributed by atoms with Crippen molar-refractivity contribution in [1.29, 1.82) is 0 Å². The maximum atomic E-state index is 11.9. The Kier molecular flexibility index (Phi) is 3.26. The van der Waals surface area contributed by atoms with Gasteiger partial charge in [0.1, 0.15) is 0 Å². The highest BCUT2D eigenvalue weighted by molar-refractivity contribution is 5.96. The van der Waals surface area contributed by atoms with Crippen molar-refractivity contribution in [1.82, 2.24) is 0 Å². The number of rotatable bonds is 2. The Morgan fingerprint density at radius 3 is 2.50 bits per heavy atom. The molecule has 7 heteroatoms. The van der Waals surface area contributed by atoms with Gasteiger partial charge in [0.05, 0.1) is 18.4 Å². The number of ether oxygens (including phenoxy) is 2. The van der Waals surface area contributed by atoms with E-state index in [0.717, 1.165) is 13.2 Å². The van der Waals surface area contributed by atoms with Crippen LogP contribution in [0.15, 0.2) is 18.2 Å². The van der Waals surface area contributed by atoms with Crippen LogP contribution >= 0.6 is 0 Å². The molecule has 1 aromatic rings. The Bertz CT molecular complexity index is 403. The number of halogens is 3. The quantitative estimate of drug-likeness (QED) is 0.628. The highest BCUT2D eigenvalue weighted by Gasteiger charge is 2.32. The zero-order chi connectivity index (χ0) is 12.3. The van der Waals surface area contributed by atoms with Crippen molar-refractivity contribution in [3.63, 3.8) is 0 Å². The molecule has 1 rings (SSSR count). The number of hydrogen-bond donors (Lipinski definition) is 1. The number of carbonyl (C=O) groups excluding carboxylic acids is 1. The standard InChI is InChI=1S/C9H8F3NO3/c1-15-8(14)5-3-2-4-6(7(5)13)16-9(10,11)12/h2-4H,13H2,1H3. The van der Waals surface area contributed by atoms with Crippen LogP contribution < -0.4 is 10.5 Å². The minimum absolute atomic E-state index is 0.177. The summed E-state index contributed by atoms with van der Waals surface area (Å²) >= 11 is 0. The van der Waals surface area contributed by atoms with E-state index in [2.05, 4.69) is 9.47 Å². The van der Waals surface area contributed by atoms with Crippen molar-refractivity contribution in [2.45, 2.75) is 6.36 Å². The normalized spacial score (nSPS) is 11.0. The molecule has 0 bridgehead atoms. The maximum Gasteiger partial charge on any atom is 0.573 e. The number of alkyl halides is 3. The molecule has 2 N–H and O–H groups in total. The molecule has 16 heavy (non-hydrogen) atoms. The molecule has 1 aromatic carbocycles. The van der Waals surface area contributed by atoms with Gasteiger partial charge in [0.25, 0.3) is 0 Å². The molecule has 0 heterocycles. The lowest BCUT2D eigenvalue weighted by Gasteiger charge is -2.12. The van der Waals surface area contributed by atoms with Gasteiger partial charge in [0.15, 0.2) is 5.75 Å². The number of methoxy groups -OCH3 is 1. The molecular formula is C9H8F3NO3. The van der Waals surface area contributed by atoms with E-state index in [9.17, 15) is 18.0 Å². The van der Waals surface area contributed by atoms with Gasteiger partial charge in [-0.1, -0.05) is 6.07 Å². The molecule has 0 atom stereocenters. The highest BCUT2D eigenvalue weighted by Crippen LogP contribution is 2.30. The fourth-order valence-corrected chi connectivity index (χ4v) is 1.05. The molecule has 0 aliphatic carbocycles. The van der Waals surface area contributed by atoms with E-state index in [-0.39, 0.29) is 5.56 Å². The summed E-state index contributed by atoms with van der Waals surface area (Å²) in [7, 11) is 1.10. The first-order valence-electron chi connectivity index (χ1n) is 4.07. The summed E-state index contributed by atoms with van der Waals surface area (Å²) < 4.78 is 43.8. The second-order valence-corrected chi connectivity index (χ2v) is 2.76. The Balaban J connectivity index is 3.09. The summed E-state index contributed by atoms with van der Waals surface area (Å²) in [6.45, 7) is 0. The first-order chi connectivity index (χ1) is 7.35. The monoisotopic (exact) mass is 235 g/mol. The molecule has 0 saturated heterocycles. The number of anilines is 1. The van der Waals surface area contributed by atoms with Crippen LogP contribution in [0.4, 0.5) is 18.9 Å². The molecule has 88 valence electrons. The number of nitrogen functional groups attached to an aromatic ring is 1. The van der Waals surface area contributed by atoms with Crippen molar-refractivity contribution >= 4 is 11.7 Å². The van der Waals surface area contributed by atoms with E-state index in [1.807, 2.05) is 0 Å². The number of hydrogen-bond acceptors (Lipinski definition) is 4. The summed E-state index contributed by atoms with van der Waals surface area (Å²) in [5, 5.41) is 0. The Morgan fingerprint density at radius 2 is 2.00 bits per heavy atom. The maximum absolute atomic E-state index is 11.9. The van der Waals surface area contributed by atoms with E-state index in [1.54, 1.807) is 0 Å². The Morgan fingerprint density at radius 1 is 1.38 bits per heavy atom. The van der Waals surface area contributed by atoms with Gasteiger partial charge in [-0.2, -0.15) is 0 Å². The predicted molar refractivity (Wildman–Crippen MR) is 48.9 cm³/mol. The first kappa shape index (κ1) is 12.2. The van der Waals surface area contributed by atoms with Gasteiger partial charge in [0, 0.05) is 0 Å². The third-order valence-electron chi connectivity index (χ3n) is 1.70. The molecular weight excluding hydrogens is 227 g/mol. The van der Waals surface area contributed by atoms with Crippen LogP contribution in [0.3, 0.4) is 0 Å². The minimum atomic E-state index is -4.86. The average molecular weight is 235 g/mol. The number of para-hydroxylation sites is 1. The summed E-state index contributed by atoms with van der Waals surface area (Å²) in [4.78, 5) is 11.1. The van der Waals surface area contributed by atoms with Crippen molar-refractivity contribution in [2.24, 2.45) is 0 Å². The number of carbonyl (C=O) groups is 1.